The second-order valence-electron chi connectivity index (χ2n) is 4.53. The van der Waals surface area contributed by atoms with Crippen LogP contribution in [0.3, 0.4) is 0 Å². The molecule has 0 bridgehead atoms. The van der Waals surface area contributed by atoms with E-state index in [4.69, 9.17) is 21.9 Å². The lowest BCUT2D eigenvalue weighted by Crippen LogP contribution is -2.41. The van der Waals surface area contributed by atoms with Crippen molar-refractivity contribution in [2.45, 2.75) is 18.9 Å². The number of hydrogen-bond donors (Lipinski definition) is 0. The number of hydrogen-bond acceptors (Lipinski definition) is 4. The van der Waals surface area contributed by atoms with E-state index in [1.54, 1.807) is 0 Å². The first-order valence-electron chi connectivity index (χ1n) is 6.32. The number of carbonyl (C=O) groups excluding carboxylic acids is 2. The minimum absolute atomic E-state index is 0.144. The van der Waals surface area contributed by atoms with E-state index in [1.807, 2.05) is 0 Å². The minimum atomic E-state index is -0.600. The maximum absolute atomic E-state index is 12.6. The van der Waals surface area contributed by atoms with E-state index in [9.17, 15) is 9.59 Å². The number of carbonyl (C=O) groups is 2. The molecule has 110 valence electrons. The zero-order chi connectivity index (χ0) is 15.4. The highest BCUT2D eigenvalue weighted by Crippen LogP contribution is 2.28. The molecule has 1 atom stereocenters. The zero-order valence-electron chi connectivity index (χ0n) is 11.3. The predicted molar refractivity (Wildman–Crippen MR) is 76.3 cm³/mol. The molecule has 1 fully saturated rings. The normalized spacial score (nSPS) is 17.2. The van der Waals surface area contributed by atoms with E-state index in [-0.39, 0.29) is 17.2 Å². The van der Waals surface area contributed by atoms with Gasteiger partial charge >= 0.3 is 5.97 Å². The first-order valence-corrected chi connectivity index (χ1v) is 6.69. The van der Waals surface area contributed by atoms with Gasteiger partial charge < -0.3 is 9.64 Å². The molecule has 1 amide bonds. The Labute approximate surface area is 126 Å². The van der Waals surface area contributed by atoms with Gasteiger partial charge in [-0.25, -0.2) is 4.79 Å². The molecule has 0 spiro atoms. The fourth-order valence-electron chi connectivity index (χ4n) is 2.36. The summed E-state index contributed by atoms with van der Waals surface area (Å²) in [6.45, 7) is 0.455. The molecule has 7 nitrogen and oxygen atoms in total. The average Bonchev–Trinajstić information content (AvgIpc) is 2.95. The van der Waals surface area contributed by atoms with Crippen LogP contribution in [0.5, 0.6) is 0 Å². The number of benzene rings is 1. The lowest BCUT2D eigenvalue weighted by molar-refractivity contribution is -0.145. The molecule has 8 heteroatoms. The van der Waals surface area contributed by atoms with Crippen LogP contribution in [-0.4, -0.2) is 36.5 Å². The van der Waals surface area contributed by atoms with Gasteiger partial charge in [-0.1, -0.05) is 16.7 Å². The SMILES string of the molecule is COC(=O)[C@@H]1CCCN1C(=O)c1ccc(Cl)cc1N=[N+]=[N-]. The van der Waals surface area contributed by atoms with Crippen molar-refractivity contribution in [1.82, 2.24) is 4.90 Å². The molecule has 0 aliphatic carbocycles. The average molecular weight is 309 g/mol. The molecule has 0 N–H and O–H groups in total. The number of likely N-dealkylation sites (tertiary alicyclic amines) is 1. The fraction of sp³-hybridized carbons (Fsp3) is 0.385. The van der Waals surface area contributed by atoms with Gasteiger partial charge in [0.05, 0.1) is 12.8 Å². The van der Waals surface area contributed by atoms with Crippen LogP contribution < -0.4 is 0 Å². The molecule has 0 radical (unpaired) electrons. The van der Waals surface area contributed by atoms with Crippen molar-refractivity contribution in [1.29, 1.82) is 0 Å². The highest BCUT2D eigenvalue weighted by atomic mass is 35.5. The molecular weight excluding hydrogens is 296 g/mol. The van der Waals surface area contributed by atoms with Gasteiger partial charge in [-0.15, -0.1) is 0 Å². The summed E-state index contributed by atoms with van der Waals surface area (Å²) in [6.07, 6.45) is 1.28. The quantitative estimate of drug-likeness (QED) is 0.371. The highest BCUT2D eigenvalue weighted by Gasteiger charge is 2.35. The van der Waals surface area contributed by atoms with Crippen LogP contribution in [0.15, 0.2) is 23.3 Å². The van der Waals surface area contributed by atoms with Gasteiger partial charge in [0.2, 0.25) is 0 Å². The van der Waals surface area contributed by atoms with Crippen LogP contribution >= 0.6 is 11.6 Å². The largest absolute Gasteiger partial charge is 0.467 e. The molecule has 0 saturated carbocycles. The first-order chi connectivity index (χ1) is 10.1. The van der Waals surface area contributed by atoms with E-state index >= 15 is 0 Å². The Balaban J connectivity index is 2.35. The maximum atomic E-state index is 12.6. The van der Waals surface area contributed by atoms with Crippen LogP contribution in [0.25, 0.3) is 10.4 Å². The zero-order valence-corrected chi connectivity index (χ0v) is 12.1. The number of rotatable bonds is 3. The van der Waals surface area contributed by atoms with Gasteiger partial charge in [-0.3, -0.25) is 4.79 Å². The Morgan fingerprint density at radius 2 is 2.29 bits per heavy atom. The lowest BCUT2D eigenvalue weighted by atomic mass is 10.1. The topological polar surface area (TPSA) is 95.4 Å². The van der Waals surface area contributed by atoms with Gasteiger partial charge in [-0.05, 0) is 36.6 Å². The van der Waals surface area contributed by atoms with Gasteiger partial charge in [-0.2, -0.15) is 0 Å². The third-order valence-corrected chi connectivity index (χ3v) is 3.56. The molecule has 1 heterocycles. The number of halogens is 1. The van der Waals surface area contributed by atoms with E-state index in [0.29, 0.717) is 18.0 Å². The third kappa shape index (κ3) is 3.09. The summed E-state index contributed by atoms with van der Waals surface area (Å²) >= 11 is 5.84. The number of azide groups is 1. The molecule has 1 aliphatic heterocycles. The van der Waals surface area contributed by atoms with Gasteiger partial charge in [0.25, 0.3) is 5.91 Å². The minimum Gasteiger partial charge on any atom is -0.467 e. The van der Waals surface area contributed by atoms with Crippen molar-refractivity contribution in [3.63, 3.8) is 0 Å². The van der Waals surface area contributed by atoms with Gasteiger partial charge in [0, 0.05) is 22.0 Å². The molecule has 1 aliphatic rings. The first kappa shape index (κ1) is 15.2. The van der Waals surface area contributed by atoms with Crippen LogP contribution in [0.2, 0.25) is 5.02 Å². The smallest absolute Gasteiger partial charge is 0.328 e. The number of ether oxygens (including phenoxy) is 1. The Morgan fingerprint density at radius 1 is 1.52 bits per heavy atom. The summed E-state index contributed by atoms with van der Waals surface area (Å²) in [7, 11) is 1.29. The monoisotopic (exact) mass is 308 g/mol. The highest BCUT2D eigenvalue weighted by molar-refractivity contribution is 6.31. The van der Waals surface area contributed by atoms with Crippen molar-refractivity contribution in [2.24, 2.45) is 5.11 Å². The fourth-order valence-corrected chi connectivity index (χ4v) is 2.53. The second-order valence-corrected chi connectivity index (χ2v) is 4.97. The second kappa shape index (κ2) is 6.47. The molecule has 2 rings (SSSR count). The van der Waals surface area contributed by atoms with Crippen molar-refractivity contribution in [2.75, 3.05) is 13.7 Å². The van der Waals surface area contributed by atoms with Crippen molar-refractivity contribution >= 4 is 29.2 Å². The molecule has 1 saturated heterocycles. The molecular formula is C13H13ClN4O3. The standard InChI is InChI=1S/C13H13ClN4O3/c1-21-13(20)11-3-2-6-18(11)12(19)9-5-4-8(14)7-10(9)16-17-15/h4-5,7,11H,2-3,6H2,1H3/t11-/m0/s1. The summed E-state index contributed by atoms with van der Waals surface area (Å²) in [5.41, 5.74) is 8.94. The Morgan fingerprint density at radius 3 is 2.95 bits per heavy atom. The van der Waals surface area contributed by atoms with Crippen LogP contribution in [-0.2, 0) is 9.53 Å². The number of methoxy groups -OCH3 is 1. The Hall–Kier alpha value is -2.24. The third-order valence-electron chi connectivity index (χ3n) is 3.33. The van der Waals surface area contributed by atoms with Crippen molar-refractivity contribution in [3.05, 3.63) is 39.2 Å². The molecule has 0 aromatic heterocycles. The summed E-state index contributed by atoms with van der Waals surface area (Å²) in [4.78, 5) is 28.4. The van der Waals surface area contributed by atoms with Crippen LogP contribution in [0.4, 0.5) is 5.69 Å². The number of amides is 1. The van der Waals surface area contributed by atoms with E-state index < -0.39 is 12.0 Å². The lowest BCUT2D eigenvalue weighted by Gasteiger charge is -2.23. The molecule has 0 unspecified atom stereocenters. The summed E-state index contributed by atoms with van der Waals surface area (Å²) < 4.78 is 4.71. The van der Waals surface area contributed by atoms with Crippen LogP contribution in [0, 0.1) is 0 Å². The summed E-state index contributed by atoms with van der Waals surface area (Å²) in [5, 5.41) is 3.84. The van der Waals surface area contributed by atoms with Crippen molar-refractivity contribution < 1.29 is 14.3 Å². The van der Waals surface area contributed by atoms with Crippen LogP contribution in [0.1, 0.15) is 23.2 Å². The maximum Gasteiger partial charge on any atom is 0.328 e. The number of nitrogens with zero attached hydrogens (tertiary/aromatic N) is 4. The van der Waals surface area contributed by atoms with E-state index in [2.05, 4.69) is 10.0 Å². The summed E-state index contributed by atoms with van der Waals surface area (Å²) in [6, 6.07) is 3.84. The van der Waals surface area contributed by atoms with E-state index in [1.165, 1.54) is 30.2 Å². The molecule has 21 heavy (non-hydrogen) atoms. The van der Waals surface area contributed by atoms with Crippen molar-refractivity contribution in [3.8, 4) is 0 Å². The molecule has 1 aromatic rings. The number of esters is 1. The van der Waals surface area contributed by atoms with E-state index in [0.717, 1.165) is 6.42 Å². The predicted octanol–water partition coefficient (Wildman–Crippen LogP) is 3.06. The summed E-state index contributed by atoms with van der Waals surface area (Å²) in [5.74, 6) is -0.817. The van der Waals surface area contributed by atoms with Gasteiger partial charge in [0.15, 0.2) is 0 Å². The Bertz CT molecular complexity index is 628. The molecule has 1 aromatic carbocycles. The van der Waals surface area contributed by atoms with Gasteiger partial charge in [0.1, 0.15) is 6.04 Å². The Kier molecular flexibility index (Phi) is 4.67.